The number of nitrogen functional groups attached to an aromatic ring is 1. The Morgan fingerprint density at radius 2 is 1.70 bits per heavy atom. The Labute approximate surface area is 122 Å². The first-order chi connectivity index (χ1) is 9.51. The highest BCUT2D eigenvalue weighted by atomic mass is 35.5. The molecule has 2 aromatic carbocycles. The van der Waals surface area contributed by atoms with Crippen LogP contribution < -0.4 is 16.6 Å². The third-order valence-corrected chi connectivity index (χ3v) is 3.26. The zero-order chi connectivity index (χ0) is 14.7. The monoisotopic (exact) mass is 289 g/mol. The summed E-state index contributed by atoms with van der Waals surface area (Å²) in [4.78, 5) is 12.3. The topological polar surface area (TPSA) is 67.2 Å². The molecule has 0 atom stereocenters. The Hall–Kier alpha value is -2.04. The van der Waals surface area contributed by atoms with Crippen molar-refractivity contribution in [3.8, 4) is 0 Å². The van der Waals surface area contributed by atoms with Crippen LogP contribution in [-0.4, -0.2) is 5.91 Å². The maximum absolute atomic E-state index is 12.3. The molecule has 4 N–H and O–H groups in total. The van der Waals surface area contributed by atoms with Crippen LogP contribution in [0.4, 0.5) is 11.4 Å². The van der Waals surface area contributed by atoms with Gasteiger partial charge in [0.05, 0.1) is 22.0 Å². The lowest BCUT2D eigenvalue weighted by Gasteiger charge is -2.11. The number of hydrogen-bond acceptors (Lipinski definition) is 3. The van der Waals surface area contributed by atoms with Crippen LogP contribution in [-0.2, 0) is 0 Å². The molecule has 0 saturated heterocycles. The minimum atomic E-state index is -0.260. The van der Waals surface area contributed by atoms with Gasteiger partial charge in [-0.25, -0.2) is 0 Å². The van der Waals surface area contributed by atoms with Crippen molar-refractivity contribution >= 4 is 28.9 Å². The number of amides is 1. The van der Waals surface area contributed by atoms with E-state index in [0.717, 1.165) is 11.1 Å². The second-order valence-corrected chi connectivity index (χ2v) is 5.04. The van der Waals surface area contributed by atoms with Crippen molar-refractivity contribution in [1.29, 1.82) is 0 Å². The van der Waals surface area contributed by atoms with Crippen molar-refractivity contribution in [2.75, 3.05) is 10.7 Å². The molecule has 0 fully saturated rings. The van der Waals surface area contributed by atoms with Gasteiger partial charge >= 0.3 is 0 Å². The standard InChI is InChI=1S/C15H16ClN3O/c1-9-4-6-13(12(16)7-9)18-15(20)11-5-3-10(2)8-14(11)19-17/h3-8,19H,17H2,1-2H3,(H,18,20). The minimum absolute atomic E-state index is 0.260. The van der Waals surface area contributed by atoms with Crippen LogP contribution in [0.1, 0.15) is 21.5 Å². The van der Waals surface area contributed by atoms with Crippen LogP contribution in [0.15, 0.2) is 36.4 Å². The zero-order valence-corrected chi connectivity index (χ0v) is 12.1. The van der Waals surface area contributed by atoms with Crippen LogP contribution in [0.2, 0.25) is 5.02 Å². The number of nitrogens with two attached hydrogens (primary N) is 1. The van der Waals surface area contributed by atoms with Crippen molar-refractivity contribution in [1.82, 2.24) is 0 Å². The molecule has 0 spiro atoms. The summed E-state index contributed by atoms with van der Waals surface area (Å²) in [5.41, 5.74) is 6.20. The van der Waals surface area contributed by atoms with Gasteiger partial charge < -0.3 is 10.7 Å². The Bertz CT molecular complexity index is 656. The van der Waals surface area contributed by atoms with E-state index < -0.39 is 0 Å². The van der Waals surface area contributed by atoms with Gasteiger partial charge in [-0.3, -0.25) is 10.6 Å². The normalized spacial score (nSPS) is 10.2. The third kappa shape index (κ3) is 3.10. The van der Waals surface area contributed by atoms with Crippen LogP contribution in [0.5, 0.6) is 0 Å². The Morgan fingerprint density at radius 3 is 2.35 bits per heavy atom. The highest BCUT2D eigenvalue weighted by molar-refractivity contribution is 6.34. The SMILES string of the molecule is Cc1ccc(NC(=O)c2ccc(C)cc2NN)c(Cl)c1. The highest BCUT2D eigenvalue weighted by Gasteiger charge is 2.12. The lowest BCUT2D eigenvalue weighted by atomic mass is 10.1. The summed E-state index contributed by atoms with van der Waals surface area (Å²) < 4.78 is 0. The van der Waals surface area contributed by atoms with E-state index >= 15 is 0 Å². The van der Waals surface area contributed by atoms with Crippen LogP contribution in [0.25, 0.3) is 0 Å². The van der Waals surface area contributed by atoms with E-state index in [1.54, 1.807) is 18.2 Å². The maximum Gasteiger partial charge on any atom is 0.257 e. The van der Waals surface area contributed by atoms with Gasteiger partial charge in [0, 0.05) is 0 Å². The van der Waals surface area contributed by atoms with Crippen molar-refractivity contribution in [2.45, 2.75) is 13.8 Å². The van der Waals surface area contributed by atoms with Crippen LogP contribution in [0, 0.1) is 13.8 Å². The number of hydrazine groups is 1. The number of aryl methyl sites for hydroxylation is 2. The van der Waals surface area contributed by atoms with Crippen molar-refractivity contribution in [3.63, 3.8) is 0 Å². The molecule has 2 rings (SSSR count). The molecule has 20 heavy (non-hydrogen) atoms. The summed E-state index contributed by atoms with van der Waals surface area (Å²) in [6, 6.07) is 10.9. The summed E-state index contributed by atoms with van der Waals surface area (Å²) in [5.74, 6) is 5.18. The number of anilines is 2. The smallest absolute Gasteiger partial charge is 0.257 e. The fourth-order valence-electron chi connectivity index (χ4n) is 1.89. The van der Waals surface area contributed by atoms with E-state index in [2.05, 4.69) is 10.7 Å². The molecule has 0 saturated carbocycles. The summed E-state index contributed by atoms with van der Waals surface area (Å²) in [6.07, 6.45) is 0. The predicted molar refractivity (Wildman–Crippen MR) is 83.1 cm³/mol. The van der Waals surface area contributed by atoms with Gasteiger partial charge in [-0.15, -0.1) is 0 Å². The van der Waals surface area contributed by atoms with Crippen molar-refractivity contribution < 1.29 is 4.79 Å². The second-order valence-electron chi connectivity index (χ2n) is 4.63. The Balaban J connectivity index is 2.28. The number of carbonyl (C=O) groups is 1. The van der Waals surface area contributed by atoms with Gasteiger partial charge in [0.25, 0.3) is 5.91 Å². The van der Waals surface area contributed by atoms with Gasteiger partial charge in [-0.1, -0.05) is 23.7 Å². The molecule has 0 radical (unpaired) electrons. The fourth-order valence-corrected chi connectivity index (χ4v) is 2.17. The quantitative estimate of drug-likeness (QED) is 0.598. The average Bonchev–Trinajstić information content (AvgIpc) is 2.41. The Kier molecular flexibility index (Phi) is 4.27. The van der Waals surface area contributed by atoms with E-state index in [-0.39, 0.29) is 5.91 Å². The molecule has 4 nitrogen and oxygen atoms in total. The average molecular weight is 290 g/mol. The molecular weight excluding hydrogens is 274 g/mol. The van der Waals surface area contributed by atoms with E-state index in [1.807, 2.05) is 32.0 Å². The van der Waals surface area contributed by atoms with Crippen molar-refractivity contribution in [3.05, 3.63) is 58.1 Å². The first kappa shape index (κ1) is 14.4. The molecule has 0 bridgehead atoms. The van der Waals surface area contributed by atoms with Crippen molar-refractivity contribution in [2.24, 2.45) is 5.84 Å². The molecule has 104 valence electrons. The lowest BCUT2D eigenvalue weighted by Crippen LogP contribution is -2.17. The number of hydrogen-bond donors (Lipinski definition) is 3. The number of nitrogens with one attached hydrogen (secondary N) is 2. The number of benzene rings is 2. The summed E-state index contributed by atoms with van der Waals surface area (Å²) in [6.45, 7) is 3.87. The Morgan fingerprint density at radius 1 is 1.05 bits per heavy atom. The van der Waals surface area contributed by atoms with E-state index in [0.29, 0.717) is 22.0 Å². The second kappa shape index (κ2) is 5.94. The molecule has 0 aliphatic rings. The number of rotatable bonds is 3. The van der Waals surface area contributed by atoms with Crippen LogP contribution in [0.3, 0.4) is 0 Å². The molecule has 0 heterocycles. The highest BCUT2D eigenvalue weighted by Crippen LogP contribution is 2.24. The van der Waals surface area contributed by atoms with Gasteiger partial charge in [0.2, 0.25) is 0 Å². The summed E-state index contributed by atoms with van der Waals surface area (Å²) in [7, 11) is 0. The van der Waals surface area contributed by atoms with Crippen LogP contribution >= 0.6 is 11.6 Å². The lowest BCUT2D eigenvalue weighted by molar-refractivity contribution is 0.102. The number of carbonyl (C=O) groups excluding carboxylic acids is 1. The molecule has 1 amide bonds. The zero-order valence-electron chi connectivity index (χ0n) is 11.3. The summed E-state index contributed by atoms with van der Waals surface area (Å²) in [5, 5.41) is 3.29. The molecule has 5 heteroatoms. The maximum atomic E-state index is 12.3. The predicted octanol–water partition coefficient (Wildman–Crippen LogP) is 3.49. The van der Waals surface area contributed by atoms with Gasteiger partial charge in [0.15, 0.2) is 0 Å². The largest absolute Gasteiger partial charge is 0.323 e. The van der Waals surface area contributed by atoms with E-state index in [1.165, 1.54) is 0 Å². The number of halogens is 1. The molecule has 0 aromatic heterocycles. The first-order valence-electron chi connectivity index (χ1n) is 6.16. The first-order valence-corrected chi connectivity index (χ1v) is 6.54. The molecule has 2 aromatic rings. The molecule has 0 aliphatic carbocycles. The van der Waals surface area contributed by atoms with Gasteiger partial charge in [-0.05, 0) is 49.2 Å². The van der Waals surface area contributed by atoms with E-state index in [9.17, 15) is 4.79 Å². The summed E-state index contributed by atoms with van der Waals surface area (Å²) >= 11 is 6.10. The van der Waals surface area contributed by atoms with E-state index in [4.69, 9.17) is 17.4 Å². The molecule has 0 unspecified atom stereocenters. The fraction of sp³-hybridized carbons (Fsp3) is 0.133. The van der Waals surface area contributed by atoms with Gasteiger partial charge in [-0.2, -0.15) is 0 Å². The van der Waals surface area contributed by atoms with Gasteiger partial charge in [0.1, 0.15) is 0 Å². The third-order valence-electron chi connectivity index (χ3n) is 2.95. The molecular formula is C15H16ClN3O. The molecule has 0 aliphatic heterocycles. The minimum Gasteiger partial charge on any atom is -0.323 e.